The van der Waals surface area contributed by atoms with Gasteiger partial charge in [-0.05, 0) is 252 Å². The molecule has 0 N–H and O–H groups in total. The van der Waals surface area contributed by atoms with Crippen LogP contribution in [0.25, 0.3) is 0 Å². The van der Waals surface area contributed by atoms with Gasteiger partial charge in [-0.1, -0.05) is 84.8 Å². The predicted molar refractivity (Wildman–Crippen MR) is 284 cm³/mol. The molecule has 9 fully saturated rings. The fourth-order valence-electron chi connectivity index (χ4n) is 18.2. The van der Waals surface area contributed by atoms with Crippen LogP contribution in [0.1, 0.15) is 295 Å². The van der Waals surface area contributed by atoms with E-state index in [-0.39, 0.29) is 0 Å². The van der Waals surface area contributed by atoms with Crippen molar-refractivity contribution in [2.45, 2.75) is 320 Å². The maximum atomic E-state index is 6.47. The summed E-state index contributed by atoms with van der Waals surface area (Å²) in [4.78, 5) is 6.49. The minimum atomic E-state index is 0.415. The summed E-state index contributed by atoms with van der Waals surface area (Å²) in [5.74, 6) is 10.2. The second-order valence-electron chi connectivity index (χ2n) is 27.7. The maximum absolute atomic E-state index is 6.47. The number of rotatable bonds is 12. The van der Waals surface area contributed by atoms with Crippen molar-refractivity contribution >= 4 is 0 Å². The van der Waals surface area contributed by atoms with Gasteiger partial charge in [0.15, 0.2) is 0 Å². The zero-order valence-corrected chi connectivity index (χ0v) is 45.0. The third kappa shape index (κ3) is 12.6. The van der Waals surface area contributed by atoms with Crippen LogP contribution in [0.15, 0.2) is 16.6 Å². The van der Waals surface area contributed by atoms with Crippen molar-refractivity contribution in [1.29, 1.82) is 0 Å². The fraction of sp³-hybridized carbons (Fsp3) is 0.937. The average Bonchev–Trinajstić information content (AvgIpc) is 3.89. The minimum Gasteiger partial charge on any atom is -0.425 e. The Morgan fingerprint density at radius 1 is 0.382 bits per heavy atom. The Morgan fingerprint density at radius 2 is 0.765 bits per heavy atom. The molecule has 0 saturated heterocycles. The number of hydrogen-bond donors (Lipinski definition) is 0. The zero-order valence-electron chi connectivity index (χ0n) is 45.0. The van der Waals surface area contributed by atoms with E-state index >= 15 is 0 Å². The van der Waals surface area contributed by atoms with E-state index in [2.05, 4.69) is 59.8 Å². The molecular weight excluding hydrogens is 829 g/mol. The highest BCUT2D eigenvalue weighted by Gasteiger charge is 2.42. The Morgan fingerprint density at radius 3 is 1.25 bits per heavy atom. The number of nitrogens with zero attached hydrogens (tertiary/aromatic N) is 4. The summed E-state index contributed by atoms with van der Waals surface area (Å²) >= 11 is 0. The monoisotopic (exact) mass is 935 g/mol. The highest BCUT2D eigenvalue weighted by atomic mass is 16.4. The topological polar surface area (TPSA) is 45.4 Å². The average molecular weight is 936 g/mol. The molecular formula is C63H106N4O. The lowest BCUT2D eigenvalue weighted by Crippen LogP contribution is -2.53. The van der Waals surface area contributed by atoms with Gasteiger partial charge < -0.3 is 4.42 Å². The summed E-state index contributed by atoms with van der Waals surface area (Å²) in [5, 5.41) is 9.31. The maximum Gasteiger partial charge on any atom is 0.219 e. The molecule has 5 nitrogen and oxygen atoms in total. The van der Waals surface area contributed by atoms with Crippen LogP contribution in [0.3, 0.4) is 0 Å². The molecule has 5 heteroatoms. The second-order valence-corrected chi connectivity index (χ2v) is 27.7. The lowest BCUT2D eigenvalue weighted by Gasteiger charge is -2.51. The first-order valence-electron chi connectivity index (χ1n) is 31.3. The summed E-state index contributed by atoms with van der Waals surface area (Å²) in [6, 6.07) is 5.29. The molecule has 384 valence electrons. The van der Waals surface area contributed by atoms with Crippen molar-refractivity contribution in [3.05, 3.63) is 23.9 Å². The predicted octanol–water partition coefficient (Wildman–Crippen LogP) is 17.6. The molecule has 2 atom stereocenters. The Hall–Kier alpha value is -1.20. The normalized spacial score (nSPS) is 40.3. The van der Waals surface area contributed by atoms with Crippen LogP contribution in [0.5, 0.6) is 0 Å². The number of allylic oxidation sites excluding steroid dienone is 2. The SMILES string of the molecule is CC1CCC(N(C2CCCCC2)C2CCC(C3CCC(N(C4CCCCC4)C4CCCC(/C=C/C5CCC(C6CCC(c7nnc(C8CCC(C(C)(C)C)CC8)o7)CC6)CC5)C4)CC3)CC2)CC1. The fourth-order valence-corrected chi connectivity index (χ4v) is 18.2. The van der Waals surface area contributed by atoms with E-state index in [9.17, 15) is 0 Å². The van der Waals surface area contributed by atoms with Crippen LogP contribution >= 0.6 is 0 Å². The van der Waals surface area contributed by atoms with E-state index in [4.69, 9.17) is 4.42 Å². The molecule has 0 aromatic carbocycles. The van der Waals surface area contributed by atoms with Crippen LogP contribution in [0.4, 0.5) is 0 Å². The van der Waals surface area contributed by atoms with E-state index in [1.807, 2.05) is 0 Å². The molecule has 9 saturated carbocycles. The molecule has 1 aromatic rings. The second kappa shape index (κ2) is 23.8. The van der Waals surface area contributed by atoms with Gasteiger partial charge in [0, 0.05) is 48.1 Å². The van der Waals surface area contributed by atoms with Crippen molar-refractivity contribution in [1.82, 2.24) is 20.0 Å². The lowest BCUT2D eigenvalue weighted by atomic mass is 9.69. The van der Waals surface area contributed by atoms with E-state index in [0.29, 0.717) is 17.3 Å². The van der Waals surface area contributed by atoms with E-state index < -0.39 is 0 Å². The summed E-state index contributed by atoms with van der Waals surface area (Å²) in [6.45, 7) is 9.74. The van der Waals surface area contributed by atoms with Crippen LogP contribution in [-0.2, 0) is 0 Å². The Bertz CT molecular complexity index is 1640. The molecule has 0 spiro atoms. The molecule has 1 aromatic heterocycles. The molecule has 10 rings (SSSR count). The lowest BCUT2D eigenvalue weighted by molar-refractivity contribution is -0.00870. The molecule has 0 aliphatic heterocycles. The molecule has 68 heavy (non-hydrogen) atoms. The molecule has 9 aliphatic carbocycles. The van der Waals surface area contributed by atoms with Crippen molar-refractivity contribution in [3.63, 3.8) is 0 Å². The van der Waals surface area contributed by atoms with Crippen LogP contribution in [0.2, 0.25) is 0 Å². The first kappa shape index (κ1) is 50.3. The highest BCUT2D eigenvalue weighted by molar-refractivity contribution is 5.03. The van der Waals surface area contributed by atoms with Crippen molar-refractivity contribution in [2.24, 2.45) is 52.8 Å². The summed E-state index contributed by atoms with van der Waals surface area (Å²) in [6.07, 6.45) is 60.5. The van der Waals surface area contributed by atoms with Gasteiger partial charge >= 0.3 is 0 Å². The smallest absolute Gasteiger partial charge is 0.219 e. The van der Waals surface area contributed by atoms with Crippen molar-refractivity contribution in [3.8, 4) is 0 Å². The van der Waals surface area contributed by atoms with Gasteiger partial charge in [0.2, 0.25) is 11.8 Å². The van der Waals surface area contributed by atoms with Gasteiger partial charge in [-0.3, -0.25) is 9.80 Å². The quantitative estimate of drug-likeness (QED) is 0.195. The van der Waals surface area contributed by atoms with Crippen LogP contribution in [-0.4, -0.2) is 56.2 Å². The van der Waals surface area contributed by atoms with Gasteiger partial charge in [0.1, 0.15) is 0 Å². The molecule has 9 aliphatic rings. The first-order valence-corrected chi connectivity index (χ1v) is 31.3. The number of hydrogen-bond acceptors (Lipinski definition) is 5. The van der Waals surface area contributed by atoms with Crippen LogP contribution < -0.4 is 0 Å². The largest absolute Gasteiger partial charge is 0.425 e. The Kier molecular flexibility index (Phi) is 17.6. The molecule has 1 heterocycles. The zero-order chi connectivity index (χ0) is 46.5. The number of aromatic nitrogens is 2. The van der Waals surface area contributed by atoms with Gasteiger partial charge in [0.25, 0.3) is 0 Å². The van der Waals surface area contributed by atoms with Gasteiger partial charge in [-0.2, -0.15) is 0 Å². The van der Waals surface area contributed by atoms with Gasteiger partial charge in [0.05, 0.1) is 0 Å². The summed E-state index contributed by atoms with van der Waals surface area (Å²) in [5.41, 5.74) is 0.415. The van der Waals surface area contributed by atoms with Gasteiger partial charge in [-0.15, -0.1) is 10.2 Å². The third-order valence-electron chi connectivity index (χ3n) is 22.5. The van der Waals surface area contributed by atoms with E-state index in [1.54, 1.807) is 12.8 Å². The van der Waals surface area contributed by atoms with Gasteiger partial charge in [-0.25, -0.2) is 0 Å². The molecule has 2 unspecified atom stereocenters. The summed E-state index contributed by atoms with van der Waals surface area (Å²) in [7, 11) is 0. The van der Waals surface area contributed by atoms with Crippen LogP contribution in [0, 0.1) is 52.8 Å². The highest BCUT2D eigenvalue weighted by Crippen LogP contribution is 2.48. The van der Waals surface area contributed by atoms with E-state index in [1.165, 1.54) is 231 Å². The Balaban J connectivity index is 0.666. The standard InChI is InChI=1S/C63H106N4O/c1-45-18-38-57(39-19-45)66(55-13-7-5-8-14-55)58-40-32-50(33-41-58)51-34-42-59(43-35-51)67(56-15-9-6-10-16-56)60-17-11-12-47(44-60)21-20-46-22-24-48(25-23-46)49-26-28-52(29-27-49)61-64-65-62(68-61)53-30-36-54(37-31-53)63(2,3)4/h20-21,45-60H,5-19,22-44H2,1-4H3/b21-20+. The van der Waals surface area contributed by atoms with Crippen molar-refractivity contribution in [2.75, 3.05) is 0 Å². The summed E-state index contributed by atoms with van der Waals surface area (Å²) < 4.78 is 6.47. The third-order valence-corrected chi connectivity index (χ3v) is 22.5. The van der Waals surface area contributed by atoms with Crippen molar-refractivity contribution < 1.29 is 4.42 Å². The molecule has 0 radical (unpaired) electrons. The molecule has 0 amide bonds. The Labute approximate surface area is 419 Å². The van der Waals surface area contributed by atoms with E-state index in [0.717, 1.165) is 95.4 Å². The first-order chi connectivity index (χ1) is 33.2. The minimum absolute atomic E-state index is 0.415. The molecule has 0 bridgehead atoms.